The van der Waals surface area contributed by atoms with Crippen molar-refractivity contribution in [3.63, 3.8) is 0 Å². The lowest BCUT2D eigenvalue weighted by atomic mass is 9.95. The van der Waals surface area contributed by atoms with Crippen molar-refractivity contribution in [3.05, 3.63) is 60.2 Å². The lowest BCUT2D eigenvalue weighted by molar-refractivity contribution is -0.142. The molecule has 1 fully saturated rings. The largest absolute Gasteiger partial charge is 0.481 e. The van der Waals surface area contributed by atoms with Gasteiger partial charge in [-0.05, 0) is 43.7 Å². The number of carbonyl (C=O) groups is 2. The van der Waals surface area contributed by atoms with Crippen molar-refractivity contribution in [3.8, 4) is 0 Å². The summed E-state index contributed by atoms with van der Waals surface area (Å²) in [4.78, 5) is 23.7. The number of hydrogen-bond acceptors (Lipinski definition) is 2. The molecule has 1 aromatic carbocycles. The molecule has 0 radical (unpaired) electrons. The molecular weight excluding hydrogens is 326 g/mol. The second kappa shape index (κ2) is 11.3. The minimum atomic E-state index is -0.663. The minimum absolute atomic E-state index is 0.0628. The molecule has 2 unspecified atom stereocenters. The first-order chi connectivity index (χ1) is 12.7. The Bertz CT molecular complexity index is 618. The molecule has 140 valence electrons. The number of nitrogens with one attached hydrogen (secondary N) is 1. The molecular formula is C22H29NO3. The van der Waals surface area contributed by atoms with Gasteiger partial charge in [-0.25, -0.2) is 0 Å². The molecule has 2 rings (SSSR count). The molecule has 4 heteroatoms. The molecule has 0 bridgehead atoms. The van der Waals surface area contributed by atoms with Gasteiger partial charge in [0.1, 0.15) is 0 Å². The molecule has 0 aliphatic heterocycles. The highest BCUT2D eigenvalue weighted by atomic mass is 16.4. The third kappa shape index (κ3) is 7.26. The number of amides is 1. The van der Waals surface area contributed by atoms with Gasteiger partial charge in [-0.3, -0.25) is 9.59 Å². The zero-order chi connectivity index (χ0) is 18.6. The van der Waals surface area contributed by atoms with Crippen LogP contribution in [0.25, 0.3) is 0 Å². The van der Waals surface area contributed by atoms with E-state index in [2.05, 4.69) is 5.32 Å². The summed E-state index contributed by atoms with van der Waals surface area (Å²) < 4.78 is 0. The number of aliphatic carboxylic acids is 1. The summed E-state index contributed by atoms with van der Waals surface area (Å²) in [5, 5.41) is 12.3. The maximum Gasteiger partial charge on any atom is 0.306 e. The van der Waals surface area contributed by atoms with Crippen LogP contribution in [0.15, 0.2) is 54.6 Å². The number of carboxylic acids is 1. The Hall–Kier alpha value is -2.36. The Balaban J connectivity index is 1.91. The van der Waals surface area contributed by atoms with Gasteiger partial charge < -0.3 is 10.4 Å². The van der Waals surface area contributed by atoms with Crippen LogP contribution in [0.4, 0.5) is 0 Å². The molecule has 1 aliphatic carbocycles. The van der Waals surface area contributed by atoms with Crippen molar-refractivity contribution in [2.45, 2.75) is 44.9 Å². The molecule has 0 heterocycles. The summed E-state index contributed by atoms with van der Waals surface area (Å²) in [5.74, 6) is -0.500. The van der Waals surface area contributed by atoms with E-state index in [1.54, 1.807) is 0 Å². The highest BCUT2D eigenvalue weighted by Gasteiger charge is 2.20. The number of carboxylic acid groups (broad SMARTS) is 1. The predicted octanol–water partition coefficient (Wildman–Crippen LogP) is 4.60. The topological polar surface area (TPSA) is 66.4 Å². The SMILES string of the molecule is O=C(NCC1CCCCC(C(=O)O)CCC1)c1ccccccccc1. The van der Waals surface area contributed by atoms with E-state index < -0.39 is 5.97 Å². The van der Waals surface area contributed by atoms with Gasteiger partial charge in [0.05, 0.1) is 5.92 Å². The molecule has 26 heavy (non-hydrogen) atoms. The van der Waals surface area contributed by atoms with Crippen molar-refractivity contribution in [2.75, 3.05) is 6.54 Å². The van der Waals surface area contributed by atoms with E-state index in [1.807, 2.05) is 54.6 Å². The Kier molecular flexibility index (Phi) is 8.67. The number of hydrogen-bond donors (Lipinski definition) is 2. The average Bonchev–Trinajstić information content (AvgIpc) is 2.76. The molecule has 2 atom stereocenters. The summed E-state index contributed by atoms with van der Waals surface area (Å²) in [6, 6.07) is 16.9. The van der Waals surface area contributed by atoms with Gasteiger partial charge in [0.25, 0.3) is 5.91 Å². The fraction of sp³-hybridized carbons (Fsp3) is 0.455. The standard InChI is InChI=1S/C22H29NO3/c24-21(19-13-6-4-2-1-3-5-7-14-19)23-17-18-11-8-9-15-20(22(25)26)16-10-12-18/h1-7,13-14,18,20H,8-12,15-17H2,(H,23,24)(H,25,26). The lowest BCUT2D eigenvalue weighted by Gasteiger charge is -2.16. The van der Waals surface area contributed by atoms with Crippen LogP contribution in [0.1, 0.15) is 55.3 Å². The smallest absolute Gasteiger partial charge is 0.306 e. The minimum Gasteiger partial charge on any atom is -0.481 e. The fourth-order valence-corrected chi connectivity index (χ4v) is 3.40. The lowest BCUT2D eigenvalue weighted by Crippen LogP contribution is -2.29. The average molecular weight is 355 g/mol. The Morgan fingerprint density at radius 1 is 0.846 bits per heavy atom. The zero-order valence-electron chi connectivity index (χ0n) is 15.3. The van der Waals surface area contributed by atoms with Crippen molar-refractivity contribution in [2.24, 2.45) is 11.8 Å². The van der Waals surface area contributed by atoms with Crippen molar-refractivity contribution in [1.82, 2.24) is 5.32 Å². The van der Waals surface area contributed by atoms with Crippen LogP contribution in [0, 0.1) is 11.8 Å². The quantitative estimate of drug-likeness (QED) is 0.829. The number of carbonyl (C=O) groups excluding carboxylic acids is 1. The van der Waals surface area contributed by atoms with Crippen LogP contribution < -0.4 is 5.32 Å². The summed E-state index contributed by atoms with van der Waals surface area (Å²) in [6.07, 6.45) is 6.47. The highest BCUT2D eigenvalue weighted by Crippen LogP contribution is 2.25. The van der Waals surface area contributed by atoms with Crippen LogP contribution in [0.3, 0.4) is 0 Å². The third-order valence-corrected chi connectivity index (χ3v) is 4.96. The number of rotatable bonds is 4. The van der Waals surface area contributed by atoms with Crippen LogP contribution in [-0.2, 0) is 4.79 Å². The molecule has 1 saturated carbocycles. The van der Waals surface area contributed by atoms with Gasteiger partial charge in [0, 0.05) is 12.1 Å². The second-order valence-corrected chi connectivity index (χ2v) is 6.96. The molecule has 0 aromatic heterocycles. The zero-order valence-corrected chi connectivity index (χ0v) is 15.3. The van der Waals surface area contributed by atoms with E-state index in [9.17, 15) is 14.7 Å². The van der Waals surface area contributed by atoms with Gasteiger partial charge in [-0.15, -0.1) is 0 Å². The van der Waals surface area contributed by atoms with Gasteiger partial charge in [0.2, 0.25) is 0 Å². The summed E-state index contributed by atoms with van der Waals surface area (Å²) in [6.45, 7) is 0.654. The molecule has 1 aromatic rings. The van der Waals surface area contributed by atoms with E-state index in [0.29, 0.717) is 18.0 Å². The fourth-order valence-electron chi connectivity index (χ4n) is 3.40. The van der Waals surface area contributed by atoms with Gasteiger partial charge in [0.15, 0.2) is 0 Å². The highest BCUT2D eigenvalue weighted by molar-refractivity contribution is 5.93. The maximum absolute atomic E-state index is 12.5. The maximum atomic E-state index is 12.5. The van der Waals surface area contributed by atoms with E-state index in [1.165, 1.54) is 0 Å². The van der Waals surface area contributed by atoms with Gasteiger partial charge in [-0.2, -0.15) is 0 Å². The van der Waals surface area contributed by atoms with Crippen LogP contribution in [0.2, 0.25) is 0 Å². The van der Waals surface area contributed by atoms with E-state index in [-0.39, 0.29) is 11.8 Å². The molecule has 1 amide bonds. The monoisotopic (exact) mass is 355 g/mol. The van der Waals surface area contributed by atoms with Crippen molar-refractivity contribution >= 4 is 11.9 Å². The molecule has 1 aliphatic rings. The second-order valence-electron chi connectivity index (χ2n) is 6.96. The molecule has 0 spiro atoms. The molecule has 4 nitrogen and oxygen atoms in total. The summed E-state index contributed by atoms with van der Waals surface area (Å²) in [7, 11) is 0. The Labute approximate surface area is 156 Å². The first kappa shape index (κ1) is 20.0. The molecule has 0 saturated heterocycles. The summed E-state index contributed by atoms with van der Waals surface area (Å²) >= 11 is 0. The molecule has 2 N–H and O–H groups in total. The van der Waals surface area contributed by atoms with E-state index in [4.69, 9.17) is 0 Å². The van der Waals surface area contributed by atoms with Crippen molar-refractivity contribution in [1.29, 1.82) is 0 Å². The normalized spacial score (nSPS) is 20.6. The van der Waals surface area contributed by atoms with Crippen LogP contribution in [0.5, 0.6) is 0 Å². The third-order valence-electron chi connectivity index (χ3n) is 4.96. The van der Waals surface area contributed by atoms with Crippen LogP contribution >= 0.6 is 0 Å². The van der Waals surface area contributed by atoms with Crippen molar-refractivity contribution < 1.29 is 14.7 Å². The first-order valence-corrected chi connectivity index (χ1v) is 9.56. The van der Waals surface area contributed by atoms with E-state index >= 15 is 0 Å². The van der Waals surface area contributed by atoms with Gasteiger partial charge >= 0.3 is 5.97 Å². The summed E-state index contributed by atoms with van der Waals surface area (Å²) in [5.41, 5.74) is 0.634. The Morgan fingerprint density at radius 2 is 1.38 bits per heavy atom. The first-order valence-electron chi connectivity index (χ1n) is 9.56. The predicted molar refractivity (Wildman–Crippen MR) is 103 cm³/mol. The van der Waals surface area contributed by atoms with Gasteiger partial charge in [-0.1, -0.05) is 61.7 Å². The van der Waals surface area contributed by atoms with E-state index in [0.717, 1.165) is 44.9 Å². The van der Waals surface area contributed by atoms with Crippen LogP contribution in [-0.4, -0.2) is 23.5 Å². The Morgan fingerprint density at radius 3 is 2.04 bits per heavy atom.